The third kappa shape index (κ3) is 4.36. The van der Waals surface area contributed by atoms with E-state index in [9.17, 15) is 4.79 Å². The fourth-order valence-corrected chi connectivity index (χ4v) is 2.85. The Morgan fingerprint density at radius 3 is 2.58 bits per heavy atom. The molecule has 2 rings (SSSR count). The van der Waals surface area contributed by atoms with Crippen LogP contribution in [0.1, 0.15) is 59.3 Å². The summed E-state index contributed by atoms with van der Waals surface area (Å²) in [5, 5.41) is 0. The first kappa shape index (κ1) is 14.6. The Kier molecular flexibility index (Phi) is 5.06. The van der Waals surface area contributed by atoms with E-state index < -0.39 is 0 Å². The van der Waals surface area contributed by atoms with Crippen LogP contribution in [0.5, 0.6) is 0 Å². The third-order valence-corrected chi connectivity index (χ3v) is 4.44. The molecule has 2 heteroatoms. The van der Waals surface area contributed by atoms with E-state index in [0.29, 0.717) is 17.9 Å². The standard InChI is InChI=1S/C17H29NO/c1-4-5-6-7-8-15-11-16(15)12-18(13(2)3)17(19)14-9-10-14/h5-6,13-16H,4,7-12H2,1-3H3/b6-5-. The summed E-state index contributed by atoms with van der Waals surface area (Å²) in [4.78, 5) is 14.4. The third-order valence-electron chi connectivity index (χ3n) is 4.44. The molecule has 0 N–H and O–H groups in total. The van der Waals surface area contributed by atoms with Crippen LogP contribution in [-0.4, -0.2) is 23.4 Å². The number of amides is 1. The second kappa shape index (κ2) is 6.58. The van der Waals surface area contributed by atoms with E-state index in [1.807, 2.05) is 0 Å². The molecule has 0 bridgehead atoms. The first-order chi connectivity index (χ1) is 9.13. The molecule has 2 fully saturated rings. The van der Waals surface area contributed by atoms with Gasteiger partial charge in [0.05, 0.1) is 0 Å². The molecule has 2 nitrogen and oxygen atoms in total. The van der Waals surface area contributed by atoms with Crippen molar-refractivity contribution in [3.63, 3.8) is 0 Å². The van der Waals surface area contributed by atoms with Gasteiger partial charge in [-0.25, -0.2) is 0 Å². The van der Waals surface area contributed by atoms with Crippen molar-refractivity contribution in [3.05, 3.63) is 12.2 Å². The molecule has 0 aromatic carbocycles. The van der Waals surface area contributed by atoms with Gasteiger partial charge >= 0.3 is 0 Å². The van der Waals surface area contributed by atoms with Gasteiger partial charge in [0.1, 0.15) is 0 Å². The van der Waals surface area contributed by atoms with Crippen molar-refractivity contribution >= 4 is 5.91 Å². The van der Waals surface area contributed by atoms with Gasteiger partial charge in [0.25, 0.3) is 0 Å². The van der Waals surface area contributed by atoms with E-state index in [1.54, 1.807) is 0 Å². The van der Waals surface area contributed by atoms with Crippen LogP contribution in [0.2, 0.25) is 0 Å². The van der Waals surface area contributed by atoms with Crippen LogP contribution >= 0.6 is 0 Å². The summed E-state index contributed by atoms with van der Waals surface area (Å²) in [6, 6.07) is 0.370. The maximum Gasteiger partial charge on any atom is 0.225 e. The Morgan fingerprint density at radius 2 is 2.00 bits per heavy atom. The van der Waals surface area contributed by atoms with Crippen LogP contribution in [0.3, 0.4) is 0 Å². The van der Waals surface area contributed by atoms with Crippen molar-refractivity contribution in [2.24, 2.45) is 17.8 Å². The predicted octanol–water partition coefficient (Wildman–Crippen LogP) is 4.02. The summed E-state index contributed by atoms with van der Waals surface area (Å²) in [6.07, 6.45) is 11.8. The number of carbonyl (C=O) groups excluding carboxylic acids is 1. The fraction of sp³-hybridized carbons (Fsp3) is 0.824. The van der Waals surface area contributed by atoms with E-state index >= 15 is 0 Å². The highest BCUT2D eigenvalue weighted by Gasteiger charge is 2.41. The molecule has 0 spiro atoms. The molecule has 19 heavy (non-hydrogen) atoms. The topological polar surface area (TPSA) is 20.3 Å². The Hall–Kier alpha value is -0.790. The number of carbonyl (C=O) groups is 1. The van der Waals surface area contributed by atoms with Gasteiger partial charge in [-0.3, -0.25) is 4.79 Å². The second-order valence-electron chi connectivity index (χ2n) is 6.57. The average molecular weight is 263 g/mol. The molecule has 2 saturated carbocycles. The minimum Gasteiger partial charge on any atom is -0.340 e. The number of allylic oxidation sites excluding steroid dienone is 2. The zero-order valence-corrected chi connectivity index (χ0v) is 12.8. The van der Waals surface area contributed by atoms with Crippen molar-refractivity contribution in [2.75, 3.05) is 6.54 Å². The Morgan fingerprint density at radius 1 is 1.26 bits per heavy atom. The summed E-state index contributed by atoms with van der Waals surface area (Å²) in [7, 11) is 0. The van der Waals surface area contributed by atoms with Crippen molar-refractivity contribution in [3.8, 4) is 0 Å². The number of nitrogens with zero attached hydrogens (tertiary/aromatic N) is 1. The van der Waals surface area contributed by atoms with Gasteiger partial charge in [0.15, 0.2) is 0 Å². The van der Waals surface area contributed by atoms with E-state index in [0.717, 1.165) is 37.6 Å². The molecule has 0 aromatic heterocycles. The largest absolute Gasteiger partial charge is 0.340 e. The zero-order chi connectivity index (χ0) is 13.8. The smallest absolute Gasteiger partial charge is 0.225 e. The van der Waals surface area contributed by atoms with Crippen molar-refractivity contribution in [1.29, 1.82) is 0 Å². The number of hydrogen-bond acceptors (Lipinski definition) is 1. The summed E-state index contributed by atoms with van der Waals surface area (Å²) in [5.74, 6) is 2.44. The van der Waals surface area contributed by atoms with Crippen LogP contribution < -0.4 is 0 Å². The van der Waals surface area contributed by atoms with Gasteiger partial charge in [0, 0.05) is 18.5 Å². The van der Waals surface area contributed by atoms with E-state index in [2.05, 4.69) is 37.8 Å². The molecule has 1 amide bonds. The lowest BCUT2D eigenvalue weighted by molar-refractivity contribution is -0.134. The van der Waals surface area contributed by atoms with Crippen LogP contribution in [0.15, 0.2) is 12.2 Å². The minimum absolute atomic E-state index is 0.368. The molecular weight excluding hydrogens is 234 g/mol. The quantitative estimate of drug-likeness (QED) is 0.606. The summed E-state index contributed by atoms with van der Waals surface area (Å²) in [5.41, 5.74) is 0. The predicted molar refractivity (Wildman–Crippen MR) is 79.8 cm³/mol. The lowest BCUT2D eigenvalue weighted by atomic mass is 10.1. The summed E-state index contributed by atoms with van der Waals surface area (Å²) >= 11 is 0. The first-order valence-corrected chi connectivity index (χ1v) is 8.09. The molecule has 0 aromatic rings. The van der Waals surface area contributed by atoms with Crippen molar-refractivity contribution < 1.29 is 4.79 Å². The highest BCUT2D eigenvalue weighted by molar-refractivity contribution is 5.81. The maximum absolute atomic E-state index is 12.2. The highest BCUT2D eigenvalue weighted by atomic mass is 16.2. The van der Waals surface area contributed by atoms with Gasteiger partial charge in [-0.1, -0.05) is 19.1 Å². The zero-order valence-electron chi connectivity index (χ0n) is 12.8. The van der Waals surface area contributed by atoms with Crippen LogP contribution in [0.25, 0.3) is 0 Å². The second-order valence-corrected chi connectivity index (χ2v) is 6.57. The maximum atomic E-state index is 12.2. The minimum atomic E-state index is 0.368. The van der Waals surface area contributed by atoms with Crippen LogP contribution in [-0.2, 0) is 4.79 Å². The lowest BCUT2D eigenvalue weighted by Crippen LogP contribution is -2.39. The van der Waals surface area contributed by atoms with Gasteiger partial charge in [0.2, 0.25) is 5.91 Å². The molecular formula is C17H29NO. The SMILES string of the molecule is CC/C=C\CCC1CC1CN(C(=O)C1CC1)C(C)C. The molecule has 0 aliphatic heterocycles. The van der Waals surface area contributed by atoms with E-state index in [1.165, 1.54) is 19.3 Å². The molecule has 0 saturated heterocycles. The fourth-order valence-electron chi connectivity index (χ4n) is 2.85. The monoisotopic (exact) mass is 263 g/mol. The summed E-state index contributed by atoms with van der Waals surface area (Å²) < 4.78 is 0. The van der Waals surface area contributed by atoms with Crippen LogP contribution in [0, 0.1) is 17.8 Å². The van der Waals surface area contributed by atoms with Gasteiger partial charge in [-0.2, -0.15) is 0 Å². The first-order valence-electron chi connectivity index (χ1n) is 8.09. The van der Waals surface area contributed by atoms with E-state index in [4.69, 9.17) is 0 Å². The number of rotatable bonds is 8. The summed E-state index contributed by atoms with van der Waals surface area (Å²) in [6.45, 7) is 7.50. The Labute approximate surface area is 118 Å². The molecule has 2 aliphatic carbocycles. The van der Waals surface area contributed by atoms with Crippen molar-refractivity contribution in [1.82, 2.24) is 4.90 Å². The molecule has 0 radical (unpaired) electrons. The van der Waals surface area contributed by atoms with Gasteiger partial charge in [-0.05, 0) is 64.2 Å². The molecule has 0 heterocycles. The Balaban J connectivity index is 1.71. The van der Waals surface area contributed by atoms with Crippen LogP contribution in [0.4, 0.5) is 0 Å². The van der Waals surface area contributed by atoms with E-state index in [-0.39, 0.29) is 0 Å². The van der Waals surface area contributed by atoms with Gasteiger partial charge in [-0.15, -0.1) is 0 Å². The van der Waals surface area contributed by atoms with Gasteiger partial charge < -0.3 is 4.90 Å². The molecule has 108 valence electrons. The highest BCUT2D eigenvalue weighted by Crippen LogP contribution is 2.43. The Bertz CT molecular complexity index is 330. The molecule has 2 unspecified atom stereocenters. The molecule has 2 aliphatic rings. The lowest BCUT2D eigenvalue weighted by Gasteiger charge is -2.27. The normalized spacial score (nSPS) is 26.1. The molecule has 2 atom stereocenters. The number of hydrogen-bond donors (Lipinski definition) is 0. The average Bonchev–Trinajstić information content (AvgIpc) is 3.25. The van der Waals surface area contributed by atoms with Crippen molar-refractivity contribution in [2.45, 2.75) is 65.3 Å².